The first-order chi connectivity index (χ1) is 17.7. The smallest absolute Gasteiger partial charge is 0.244 e. The lowest BCUT2D eigenvalue weighted by Gasteiger charge is -2.18. The van der Waals surface area contributed by atoms with Crippen LogP contribution in [0.2, 0.25) is 10.0 Å². The molecule has 204 valence electrons. The highest BCUT2D eigenvalue weighted by Crippen LogP contribution is 2.31. The van der Waals surface area contributed by atoms with Crippen LogP contribution in [0.3, 0.4) is 0 Å². The summed E-state index contributed by atoms with van der Waals surface area (Å²) in [4.78, 5) is 4.17. The second-order valence-electron chi connectivity index (χ2n) is 8.39. The van der Waals surface area contributed by atoms with Gasteiger partial charge in [-0.3, -0.25) is 4.98 Å². The molecule has 1 aromatic heterocycles. The van der Waals surface area contributed by atoms with Gasteiger partial charge in [0.15, 0.2) is 0 Å². The number of pyridine rings is 1. The van der Waals surface area contributed by atoms with Crippen molar-refractivity contribution in [2.24, 2.45) is 0 Å². The third kappa shape index (κ3) is 10.1. The summed E-state index contributed by atoms with van der Waals surface area (Å²) in [7, 11) is -3.56. The number of hydrogen-bond donors (Lipinski definition) is 3. The first kappa shape index (κ1) is 31.3. The highest BCUT2D eigenvalue weighted by atomic mass is 35.5. The van der Waals surface area contributed by atoms with Gasteiger partial charge in [0.1, 0.15) is 11.5 Å². The number of sulfonamides is 1. The zero-order chi connectivity index (χ0) is 27.3. The van der Waals surface area contributed by atoms with Crippen LogP contribution in [0.1, 0.15) is 56.8 Å². The number of anilines is 1. The number of benzene rings is 1. The van der Waals surface area contributed by atoms with E-state index < -0.39 is 16.1 Å². The topological polar surface area (TPSA) is 118 Å². The summed E-state index contributed by atoms with van der Waals surface area (Å²) in [6.07, 6.45) is 6.14. The fourth-order valence-electron chi connectivity index (χ4n) is 3.56. The fourth-order valence-corrected chi connectivity index (χ4v) is 5.51. The summed E-state index contributed by atoms with van der Waals surface area (Å²) < 4.78 is 32.2. The molecule has 0 saturated heterocycles. The average Bonchev–Trinajstić information content (AvgIpc) is 2.88. The Morgan fingerprint density at radius 1 is 1.11 bits per heavy atom. The van der Waals surface area contributed by atoms with Gasteiger partial charge in [0.2, 0.25) is 10.0 Å². The number of rotatable bonds is 15. The predicted molar refractivity (Wildman–Crippen MR) is 149 cm³/mol. The molecule has 1 unspecified atom stereocenters. The molecule has 1 heterocycles. The van der Waals surface area contributed by atoms with E-state index in [-0.39, 0.29) is 11.5 Å². The minimum absolute atomic E-state index is 0.145. The first-order valence-electron chi connectivity index (χ1n) is 12.4. The third-order valence-electron chi connectivity index (χ3n) is 5.68. The molecule has 0 spiro atoms. The maximum Gasteiger partial charge on any atom is 0.244 e. The van der Waals surface area contributed by atoms with Crippen LogP contribution in [0.4, 0.5) is 5.69 Å². The molecule has 0 bridgehead atoms. The maximum atomic E-state index is 12.6. The van der Waals surface area contributed by atoms with Gasteiger partial charge < -0.3 is 20.9 Å². The number of halogens is 2. The zero-order valence-electron chi connectivity index (χ0n) is 21.3. The van der Waals surface area contributed by atoms with Gasteiger partial charge in [0, 0.05) is 44.2 Å². The van der Waals surface area contributed by atoms with E-state index in [9.17, 15) is 13.5 Å². The van der Waals surface area contributed by atoms with Crippen LogP contribution in [-0.4, -0.2) is 62.2 Å². The quantitative estimate of drug-likeness (QED) is 0.166. The maximum absolute atomic E-state index is 12.6. The van der Waals surface area contributed by atoms with Crippen molar-refractivity contribution in [1.29, 1.82) is 0 Å². The number of hydrogen-bond acceptors (Lipinski definition) is 7. The normalized spacial score (nSPS) is 12.4. The first-order valence-corrected chi connectivity index (χ1v) is 14.5. The SMILES string of the molecule is CCN(CC)S(=O)(=O)c1cncc(C#CCOCCCCCCNCC(O)c2cc(Cl)c(N)c(Cl)c2)c1. The van der Waals surface area contributed by atoms with Crippen LogP contribution >= 0.6 is 23.2 Å². The number of aliphatic hydroxyl groups is 1. The predicted octanol–water partition coefficient (Wildman–Crippen LogP) is 4.25. The molecule has 37 heavy (non-hydrogen) atoms. The van der Waals surface area contributed by atoms with Crippen LogP contribution in [0.15, 0.2) is 35.5 Å². The Morgan fingerprint density at radius 3 is 2.46 bits per heavy atom. The molecule has 4 N–H and O–H groups in total. The van der Waals surface area contributed by atoms with E-state index in [1.807, 2.05) is 0 Å². The van der Waals surface area contributed by atoms with Gasteiger partial charge in [0.25, 0.3) is 0 Å². The highest BCUT2D eigenvalue weighted by Gasteiger charge is 2.22. The molecule has 11 heteroatoms. The fraction of sp³-hybridized carbons (Fsp3) is 0.500. The van der Waals surface area contributed by atoms with Gasteiger partial charge in [-0.15, -0.1) is 0 Å². The molecular weight excluding hydrogens is 535 g/mol. The second kappa shape index (κ2) is 16.1. The molecule has 0 amide bonds. The number of ether oxygens (including phenoxy) is 1. The van der Waals surface area contributed by atoms with Crippen LogP contribution in [0.25, 0.3) is 0 Å². The van der Waals surface area contributed by atoms with Crippen molar-refractivity contribution < 1.29 is 18.3 Å². The average molecular weight is 572 g/mol. The van der Waals surface area contributed by atoms with Gasteiger partial charge >= 0.3 is 0 Å². The minimum atomic E-state index is -3.56. The molecule has 0 radical (unpaired) electrons. The Kier molecular flexibility index (Phi) is 13.7. The highest BCUT2D eigenvalue weighted by molar-refractivity contribution is 7.89. The Hall–Kier alpha value is -1.90. The Bertz CT molecular complexity index is 1140. The number of nitrogens with two attached hydrogens (primary N) is 1. The van der Waals surface area contributed by atoms with Crippen molar-refractivity contribution in [3.63, 3.8) is 0 Å². The molecule has 2 aromatic rings. The molecule has 8 nitrogen and oxygen atoms in total. The van der Waals surface area contributed by atoms with Crippen molar-refractivity contribution >= 4 is 38.9 Å². The number of nitrogens with one attached hydrogen (secondary N) is 1. The lowest BCUT2D eigenvalue weighted by molar-refractivity contribution is 0.161. The van der Waals surface area contributed by atoms with Crippen LogP contribution in [0, 0.1) is 11.8 Å². The van der Waals surface area contributed by atoms with E-state index in [4.69, 9.17) is 33.7 Å². The number of aliphatic hydroxyl groups excluding tert-OH is 1. The van der Waals surface area contributed by atoms with E-state index in [2.05, 4.69) is 22.1 Å². The molecule has 0 fully saturated rings. The monoisotopic (exact) mass is 570 g/mol. The standard InChI is InChI=1S/C26H36Cl2N4O4S/c1-3-32(4-2)37(34,35)22-14-20(17-31-18-22)10-9-13-36-12-8-6-5-7-11-30-19-25(33)21-15-23(27)26(29)24(28)16-21/h14-18,25,30,33H,3-8,11-13,19,29H2,1-2H3. The number of nitrogen functional groups attached to an aromatic ring is 1. The molecule has 0 aliphatic heterocycles. The van der Waals surface area contributed by atoms with E-state index >= 15 is 0 Å². The van der Waals surface area contributed by atoms with Crippen LogP contribution in [0.5, 0.6) is 0 Å². The van der Waals surface area contributed by atoms with Crippen LogP contribution in [-0.2, 0) is 14.8 Å². The second-order valence-corrected chi connectivity index (χ2v) is 11.1. The summed E-state index contributed by atoms with van der Waals surface area (Å²) in [6.45, 7) is 6.47. The zero-order valence-corrected chi connectivity index (χ0v) is 23.7. The number of unbranched alkanes of at least 4 members (excludes halogenated alkanes) is 3. The summed E-state index contributed by atoms with van der Waals surface area (Å²) in [5.41, 5.74) is 7.21. The molecular formula is C26H36Cl2N4O4S. The van der Waals surface area contributed by atoms with Gasteiger partial charge in [-0.05, 0) is 43.1 Å². The molecule has 0 aliphatic rings. The van der Waals surface area contributed by atoms with Crippen molar-refractivity contribution in [2.45, 2.75) is 50.5 Å². The largest absolute Gasteiger partial charge is 0.396 e. The summed E-state index contributed by atoms with van der Waals surface area (Å²) in [5.74, 6) is 5.83. The van der Waals surface area contributed by atoms with Crippen molar-refractivity contribution in [2.75, 3.05) is 45.1 Å². The number of nitrogens with zero attached hydrogens (tertiary/aromatic N) is 2. The van der Waals surface area contributed by atoms with Gasteiger partial charge in [-0.1, -0.05) is 61.7 Å². The Labute approximate surface area is 230 Å². The molecule has 0 aliphatic carbocycles. The van der Waals surface area contributed by atoms with Gasteiger partial charge in [-0.2, -0.15) is 4.31 Å². The van der Waals surface area contributed by atoms with E-state index in [0.29, 0.717) is 53.1 Å². The third-order valence-corrected chi connectivity index (χ3v) is 8.32. The molecule has 1 aromatic carbocycles. The van der Waals surface area contributed by atoms with Gasteiger partial charge in [0.05, 0.1) is 21.8 Å². The Balaban J connectivity index is 1.59. The van der Waals surface area contributed by atoms with E-state index in [1.54, 1.807) is 38.2 Å². The summed E-state index contributed by atoms with van der Waals surface area (Å²) >= 11 is 12.0. The minimum Gasteiger partial charge on any atom is -0.396 e. The van der Waals surface area contributed by atoms with E-state index in [0.717, 1.165) is 32.2 Å². The lowest BCUT2D eigenvalue weighted by Crippen LogP contribution is -2.30. The Morgan fingerprint density at radius 2 is 1.78 bits per heavy atom. The van der Waals surface area contributed by atoms with E-state index in [1.165, 1.54) is 10.5 Å². The van der Waals surface area contributed by atoms with Gasteiger partial charge in [-0.25, -0.2) is 8.42 Å². The molecule has 0 saturated carbocycles. The molecule has 1 atom stereocenters. The molecule has 2 rings (SSSR count). The summed E-state index contributed by atoms with van der Waals surface area (Å²) in [6, 6.07) is 4.80. The van der Waals surface area contributed by atoms with Crippen LogP contribution < -0.4 is 11.1 Å². The van der Waals surface area contributed by atoms with Crippen molar-refractivity contribution in [3.05, 3.63) is 51.8 Å². The number of aromatic nitrogens is 1. The van der Waals surface area contributed by atoms with Crippen molar-refractivity contribution in [1.82, 2.24) is 14.6 Å². The lowest BCUT2D eigenvalue weighted by atomic mass is 10.1. The van der Waals surface area contributed by atoms with Crippen molar-refractivity contribution in [3.8, 4) is 11.8 Å². The summed E-state index contributed by atoms with van der Waals surface area (Å²) in [5, 5.41) is 14.2.